The number of piperidine rings is 1. The van der Waals surface area contributed by atoms with E-state index in [4.69, 9.17) is 11.6 Å². The van der Waals surface area contributed by atoms with E-state index < -0.39 is 0 Å². The number of aromatic hydroxyl groups is 2. The molecule has 1 fully saturated rings. The van der Waals surface area contributed by atoms with Crippen LogP contribution in [-0.4, -0.2) is 39.9 Å². The van der Waals surface area contributed by atoms with Crippen LogP contribution in [0.5, 0.6) is 11.5 Å². The van der Waals surface area contributed by atoms with Crippen LogP contribution in [0.25, 0.3) is 10.9 Å². The van der Waals surface area contributed by atoms with Crippen LogP contribution in [0.3, 0.4) is 0 Å². The molecule has 4 rings (SSSR count). The molecule has 0 amide bonds. The Kier molecular flexibility index (Phi) is 6.35. The van der Waals surface area contributed by atoms with Gasteiger partial charge in [0.2, 0.25) is 0 Å². The Hall–Kier alpha value is -2.70. The summed E-state index contributed by atoms with van der Waals surface area (Å²) in [5.74, 6) is 0.292. The van der Waals surface area contributed by atoms with Crippen LogP contribution in [-0.2, 0) is 6.54 Å². The molecule has 0 aliphatic carbocycles. The second kappa shape index (κ2) is 9.04. The highest BCUT2D eigenvalue weighted by atomic mass is 35.5. The predicted octanol–water partition coefficient (Wildman–Crippen LogP) is 5.27. The number of aromatic nitrogens is 1. The molecule has 2 aromatic carbocycles. The Morgan fingerprint density at radius 2 is 1.75 bits per heavy atom. The van der Waals surface area contributed by atoms with E-state index >= 15 is 0 Å². The maximum atomic E-state index is 10.5. The van der Waals surface area contributed by atoms with Gasteiger partial charge < -0.3 is 25.7 Å². The van der Waals surface area contributed by atoms with Crippen molar-refractivity contribution in [3.63, 3.8) is 0 Å². The topological polar surface area (TPSA) is 80.7 Å². The summed E-state index contributed by atoms with van der Waals surface area (Å²) in [6, 6.07) is 13.5. The second-order valence-corrected chi connectivity index (χ2v) is 9.93. The van der Waals surface area contributed by atoms with Crippen molar-refractivity contribution in [3.05, 3.63) is 53.1 Å². The molecule has 0 atom stereocenters. The minimum absolute atomic E-state index is 0.0955. The maximum Gasteiger partial charge on any atom is 0.184 e. The Bertz CT molecular complexity index is 1090. The fourth-order valence-corrected chi connectivity index (χ4v) is 4.40. The molecule has 32 heavy (non-hydrogen) atoms. The number of phenols is 2. The summed E-state index contributed by atoms with van der Waals surface area (Å²) < 4.78 is 0. The van der Waals surface area contributed by atoms with Crippen molar-refractivity contribution in [2.75, 3.05) is 23.3 Å². The highest BCUT2D eigenvalue weighted by Gasteiger charge is 2.25. The van der Waals surface area contributed by atoms with Crippen LogP contribution in [0, 0.1) is 0 Å². The smallest absolute Gasteiger partial charge is 0.184 e. The molecule has 0 unspecified atom stereocenters. The van der Waals surface area contributed by atoms with Crippen molar-refractivity contribution in [2.45, 2.75) is 51.7 Å². The first-order valence-electron chi connectivity index (χ1n) is 11.1. The lowest BCUT2D eigenvalue weighted by Gasteiger charge is -2.37. The Morgan fingerprint density at radius 1 is 1.06 bits per heavy atom. The van der Waals surface area contributed by atoms with Gasteiger partial charge in [-0.3, -0.25) is 0 Å². The largest absolute Gasteiger partial charge is 0.504 e. The van der Waals surface area contributed by atoms with Crippen LogP contribution < -0.4 is 15.5 Å². The Labute approximate surface area is 194 Å². The molecule has 0 radical (unpaired) electrons. The molecule has 1 aliphatic heterocycles. The lowest BCUT2D eigenvalue weighted by atomic mass is 9.99. The number of hydrogen-bond donors (Lipinski definition) is 4. The monoisotopic (exact) mass is 454 g/mol. The summed E-state index contributed by atoms with van der Waals surface area (Å²) in [4.78, 5) is 6.94. The Balaban J connectivity index is 1.61. The van der Waals surface area contributed by atoms with E-state index in [1.807, 2.05) is 36.4 Å². The molecular weight excluding hydrogens is 424 g/mol. The number of anilines is 2. The third kappa shape index (κ3) is 5.19. The molecule has 0 bridgehead atoms. The van der Waals surface area contributed by atoms with Crippen molar-refractivity contribution < 1.29 is 10.2 Å². The third-order valence-corrected chi connectivity index (χ3v) is 6.02. The molecule has 6 nitrogen and oxygen atoms in total. The van der Waals surface area contributed by atoms with E-state index in [9.17, 15) is 10.2 Å². The number of rotatable bonds is 5. The van der Waals surface area contributed by atoms with Crippen molar-refractivity contribution in [2.24, 2.45) is 0 Å². The molecule has 1 aromatic heterocycles. The standard InChI is InChI=1S/C25H31ClN4O2/c1-25(2,3)29-18-10-12-30(13-11-18)20-14-22(27-15-16-4-6-17(26)7-5-16)28-23-19(20)8-9-21(31)24(23)32/h4-9,14,18,29,31-32H,10-13,15H2,1-3H3,(H,27,28). The molecule has 1 saturated heterocycles. The zero-order valence-corrected chi connectivity index (χ0v) is 19.6. The van der Waals surface area contributed by atoms with Crippen LogP contribution >= 0.6 is 11.6 Å². The highest BCUT2D eigenvalue weighted by molar-refractivity contribution is 6.30. The average molecular weight is 455 g/mol. The molecule has 7 heteroatoms. The maximum absolute atomic E-state index is 10.5. The number of nitrogens with one attached hydrogen (secondary N) is 2. The zero-order chi connectivity index (χ0) is 22.9. The molecule has 0 spiro atoms. The van der Waals surface area contributed by atoms with Gasteiger partial charge >= 0.3 is 0 Å². The van der Waals surface area contributed by atoms with Crippen molar-refractivity contribution in [3.8, 4) is 11.5 Å². The minimum atomic E-state index is -0.192. The highest BCUT2D eigenvalue weighted by Crippen LogP contribution is 2.39. The number of hydrogen-bond acceptors (Lipinski definition) is 6. The van der Waals surface area contributed by atoms with Crippen LogP contribution in [0.2, 0.25) is 5.02 Å². The summed E-state index contributed by atoms with van der Waals surface area (Å²) in [6.07, 6.45) is 2.08. The molecule has 4 N–H and O–H groups in total. The normalized spacial score (nSPS) is 15.3. The van der Waals surface area contributed by atoms with Gasteiger partial charge in [0.15, 0.2) is 11.5 Å². The van der Waals surface area contributed by atoms with E-state index in [1.165, 1.54) is 6.07 Å². The first-order chi connectivity index (χ1) is 15.2. The second-order valence-electron chi connectivity index (χ2n) is 9.49. The zero-order valence-electron chi connectivity index (χ0n) is 18.8. The fourth-order valence-electron chi connectivity index (χ4n) is 4.27. The van der Waals surface area contributed by atoms with Crippen LogP contribution in [0.15, 0.2) is 42.5 Å². The van der Waals surface area contributed by atoms with Gasteiger partial charge in [0, 0.05) is 53.4 Å². The van der Waals surface area contributed by atoms with Gasteiger partial charge in [0.25, 0.3) is 0 Å². The average Bonchev–Trinajstić information content (AvgIpc) is 2.75. The van der Waals surface area contributed by atoms with Gasteiger partial charge in [-0.25, -0.2) is 4.98 Å². The fraction of sp³-hybridized carbons (Fsp3) is 0.400. The molecule has 1 aliphatic rings. The number of fused-ring (bicyclic) bond motifs is 1. The van der Waals surface area contributed by atoms with Gasteiger partial charge in [0.05, 0.1) is 0 Å². The van der Waals surface area contributed by atoms with Gasteiger partial charge in [-0.05, 0) is 63.4 Å². The van der Waals surface area contributed by atoms with Crippen molar-refractivity contribution in [1.82, 2.24) is 10.3 Å². The molecule has 2 heterocycles. The Morgan fingerprint density at radius 3 is 2.41 bits per heavy atom. The quantitative estimate of drug-likeness (QED) is 0.393. The first-order valence-corrected chi connectivity index (χ1v) is 11.4. The van der Waals surface area contributed by atoms with E-state index in [2.05, 4.69) is 41.3 Å². The van der Waals surface area contributed by atoms with Gasteiger partial charge in [-0.1, -0.05) is 23.7 Å². The van der Waals surface area contributed by atoms with E-state index in [0.29, 0.717) is 28.9 Å². The summed E-state index contributed by atoms with van der Waals surface area (Å²) in [5.41, 5.74) is 2.58. The predicted molar refractivity (Wildman–Crippen MR) is 132 cm³/mol. The molecule has 0 saturated carbocycles. The lowest BCUT2D eigenvalue weighted by molar-refractivity contribution is 0.317. The minimum Gasteiger partial charge on any atom is -0.504 e. The summed E-state index contributed by atoms with van der Waals surface area (Å²) in [7, 11) is 0. The van der Waals surface area contributed by atoms with E-state index in [-0.39, 0.29) is 17.0 Å². The van der Waals surface area contributed by atoms with Gasteiger partial charge in [-0.15, -0.1) is 0 Å². The van der Waals surface area contributed by atoms with Crippen LogP contribution in [0.1, 0.15) is 39.2 Å². The third-order valence-electron chi connectivity index (χ3n) is 5.77. The molecule has 3 aromatic rings. The van der Waals surface area contributed by atoms with Gasteiger partial charge in [0.1, 0.15) is 11.3 Å². The van der Waals surface area contributed by atoms with Gasteiger partial charge in [-0.2, -0.15) is 0 Å². The van der Waals surface area contributed by atoms with Crippen molar-refractivity contribution >= 4 is 34.0 Å². The molecule has 170 valence electrons. The number of benzene rings is 2. The lowest BCUT2D eigenvalue weighted by Crippen LogP contribution is -2.49. The van der Waals surface area contributed by atoms with Crippen molar-refractivity contribution in [1.29, 1.82) is 0 Å². The number of phenolic OH excluding ortho intramolecular Hbond substituents is 2. The van der Waals surface area contributed by atoms with E-state index in [1.54, 1.807) is 0 Å². The number of nitrogens with zero attached hydrogens (tertiary/aromatic N) is 2. The first kappa shape index (κ1) is 22.5. The number of halogens is 1. The van der Waals surface area contributed by atoms with E-state index in [0.717, 1.165) is 42.6 Å². The summed E-state index contributed by atoms with van der Waals surface area (Å²) >= 11 is 5.98. The van der Waals surface area contributed by atoms with Crippen LogP contribution in [0.4, 0.5) is 11.5 Å². The summed E-state index contributed by atoms with van der Waals surface area (Å²) in [5, 5.41) is 29.1. The molecular formula is C25H31ClN4O2. The summed E-state index contributed by atoms with van der Waals surface area (Å²) in [6.45, 7) is 8.99. The SMILES string of the molecule is CC(C)(C)NC1CCN(c2cc(NCc3ccc(Cl)cc3)nc3c(O)c(O)ccc23)CC1. The number of pyridine rings is 1.